The van der Waals surface area contributed by atoms with Gasteiger partial charge in [0.2, 0.25) is 0 Å². The molecule has 0 aliphatic rings. The van der Waals surface area contributed by atoms with Gasteiger partial charge in [-0.1, -0.05) is 24.3 Å². The van der Waals surface area contributed by atoms with Crippen molar-refractivity contribution < 1.29 is 14.3 Å². The topological polar surface area (TPSA) is 50.4 Å². The lowest BCUT2D eigenvalue weighted by Gasteiger charge is -2.00. The van der Waals surface area contributed by atoms with Crippen molar-refractivity contribution in [1.29, 1.82) is 0 Å². The molecule has 0 atom stereocenters. The minimum Gasteiger partial charge on any atom is -0.481 e. The fourth-order valence-electron chi connectivity index (χ4n) is 1.46. The number of carbonyl (C=O) groups is 1. The Kier molecular flexibility index (Phi) is 2.54. The summed E-state index contributed by atoms with van der Waals surface area (Å²) in [7, 11) is 0. The first-order valence-electron chi connectivity index (χ1n) is 4.59. The lowest BCUT2D eigenvalue weighted by atomic mass is 10.0. The molecule has 1 heterocycles. The van der Waals surface area contributed by atoms with Crippen LogP contribution in [0.2, 0.25) is 0 Å². The van der Waals surface area contributed by atoms with Crippen LogP contribution >= 0.6 is 0 Å². The molecule has 2 rings (SSSR count). The maximum absolute atomic E-state index is 10.5. The minimum atomic E-state index is -0.820. The molecule has 0 spiro atoms. The first-order valence-corrected chi connectivity index (χ1v) is 4.59. The number of hydrogen-bond acceptors (Lipinski definition) is 2. The van der Waals surface area contributed by atoms with Crippen molar-refractivity contribution in [3.05, 3.63) is 48.4 Å². The highest BCUT2D eigenvalue weighted by Gasteiger charge is 2.03. The van der Waals surface area contributed by atoms with Crippen LogP contribution in [-0.4, -0.2) is 11.1 Å². The summed E-state index contributed by atoms with van der Waals surface area (Å²) >= 11 is 0. The standard InChI is InChI=1S/C12H10O3/c13-12(14)7-9-2-1-3-10(6-9)11-4-5-15-8-11/h1-6,8H,7H2,(H,13,14). The van der Waals surface area contributed by atoms with Crippen molar-refractivity contribution in [3.8, 4) is 11.1 Å². The van der Waals surface area contributed by atoms with Gasteiger partial charge in [-0.2, -0.15) is 0 Å². The summed E-state index contributed by atoms with van der Waals surface area (Å²) < 4.78 is 4.97. The molecule has 0 saturated heterocycles. The SMILES string of the molecule is O=C(O)Cc1cccc(-c2ccoc2)c1. The molecule has 0 radical (unpaired) electrons. The van der Waals surface area contributed by atoms with Crippen molar-refractivity contribution in [1.82, 2.24) is 0 Å². The molecule has 0 saturated carbocycles. The molecule has 76 valence electrons. The van der Waals surface area contributed by atoms with Gasteiger partial charge >= 0.3 is 5.97 Å². The van der Waals surface area contributed by atoms with E-state index in [4.69, 9.17) is 9.52 Å². The number of hydrogen-bond donors (Lipinski definition) is 1. The van der Waals surface area contributed by atoms with Gasteiger partial charge in [-0.3, -0.25) is 4.79 Å². The Morgan fingerprint density at radius 1 is 1.27 bits per heavy atom. The van der Waals surface area contributed by atoms with Crippen LogP contribution in [0.3, 0.4) is 0 Å². The summed E-state index contributed by atoms with van der Waals surface area (Å²) in [5, 5.41) is 8.67. The quantitative estimate of drug-likeness (QED) is 0.832. The van der Waals surface area contributed by atoms with E-state index in [2.05, 4.69) is 0 Å². The predicted octanol–water partition coefficient (Wildman–Crippen LogP) is 2.57. The van der Waals surface area contributed by atoms with Crippen LogP contribution in [-0.2, 0) is 11.2 Å². The highest BCUT2D eigenvalue weighted by molar-refractivity contribution is 5.71. The van der Waals surface area contributed by atoms with Gasteiger partial charge in [0.25, 0.3) is 0 Å². The van der Waals surface area contributed by atoms with Crippen molar-refractivity contribution in [2.24, 2.45) is 0 Å². The fraction of sp³-hybridized carbons (Fsp3) is 0.0833. The summed E-state index contributed by atoms with van der Waals surface area (Å²) in [5.74, 6) is -0.820. The van der Waals surface area contributed by atoms with E-state index in [9.17, 15) is 4.79 Å². The molecular weight excluding hydrogens is 192 g/mol. The van der Waals surface area contributed by atoms with E-state index in [-0.39, 0.29) is 6.42 Å². The predicted molar refractivity (Wildman–Crippen MR) is 55.5 cm³/mol. The first kappa shape index (κ1) is 9.52. The molecular formula is C12H10O3. The van der Waals surface area contributed by atoms with Crippen LogP contribution in [0.4, 0.5) is 0 Å². The second-order valence-electron chi connectivity index (χ2n) is 3.28. The Morgan fingerprint density at radius 3 is 2.80 bits per heavy atom. The molecule has 0 amide bonds. The number of aliphatic carboxylic acids is 1. The molecule has 0 unspecified atom stereocenters. The monoisotopic (exact) mass is 202 g/mol. The largest absolute Gasteiger partial charge is 0.481 e. The molecule has 1 aromatic carbocycles. The molecule has 1 N–H and O–H groups in total. The highest BCUT2D eigenvalue weighted by atomic mass is 16.4. The summed E-state index contributed by atoms with van der Waals surface area (Å²) in [6.45, 7) is 0. The zero-order chi connectivity index (χ0) is 10.7. The number of carboxylic acids is 1. The lowest BCUT2D eigenvalue weighted by Crippen LogP contribution is -1.99. The molecule has 2 aromatic rings. The fourth-order valence-corrected chi connectivity index (χ4v) is 1.46. The van der Waals surface area contributed by atoms with E-state index in [0.29, 0.717) is 0 Å². The van der Waals surface area contributed by atoms with E-state index < -0.39 is 5.97 Å². The number of benzene rings is 1. The maximum atomic E-state index is 10.5. The average molecular weight is 202 g/mol. The third-order valence-electron chi connectivity index (χ3n) is 2.14. The van der Waals surface area contributed by atoms with Gasteiger partial charge in [-0.05, 0) is 17.2 Å². The highest BCUT2D eigenvalue weighted by Crippen LogP contribution is 2.20. The van der Waals surface area contributed by atoms with Crippen LogP contribution in [0.5, 0.6) is 0 Å². The normalized spacial score (nSPS) is 10.1. The van der Waals surface area contributed by atoms with E-state index >= 15 is 0 Å². The second-order valence-corrected chi connectivity index (χ2v) is 3.28. The van der Waals surface area contributed by atoms with Crippen LogP contribution < -0.4 is 0 Å². The van der Waals surface area contributed by atoms with Gasteiger partial charge in [0, 0.05) is 5.56 Å². The zero-order valence-corrected chi connectivity index (χ0v) is 8.01. The Balaban J connectivity index is 2.31. The van der Waals surface area contributed by atoms with Crippen molar-refractivity contribution in [3.63, 3.8) is 0 Å². The Hall–Kier alpha value is -2.03. The maximum Gasteiger partial charge on any atom is 0.307 e. The van der Waals surface area contributed by atoms with Gasteiger partial charge < -0.3 is 9.52 Å². The summed E-state index contributed by atoms with van der Waals surface area (Å²) in [5.41, 5.74) is 2.73. The third kappa shape index (κ3) is 2.26. The van der Waals surface area contributed by atoms with Gasteiger partial charge in [0.1, 0.15) is 0 Å². The molecule has 3 nitrogen and oxygen atoms in total. The van der Waals surface area contributed by atoms with E-state index in [1.54, 1.807) is 18.6 Å². The Bertz CT molecular complexity index is 457. The van der Waals surface area contributed by atoms with E-state index in [0.717, 1.165) is 16.7 Å². The second kappa shape index (κ2) is 4.00. The first-order chi connectivity index (χ1) is 7.25. The van der Waals surface area contributed by atoms with E-state index in [1.165, 1.54) is 0 Å². The van der Waals surface area contributed by atoms with Gasteiger partial charge in [-0.25, -0.2) is 0 Å². The Morgan fingerprint density at radius 2 is 2.13 bits per heavy atom. The summed E-state index contributed by atoms with van der Waals surface area (Å²) in [6.07, 6.45) is 3.28. The van der Waals surface area contributed by atoms with Crippen LogP contribution in [0.1, 0.15) is 5.56 Å². The van der Waals surface area contributed by atoms with Gasteiger partial charge in [0.15, 0.2) is 0 Å². The smallest absolute Gasteiger partial charge is 0.307 e. The van der Waals surface area contributed by atoms with Crippen LogP contribution in [0.25, 0.3) is 11.1 Å². The molecule has 1 aromatic heterocycles. The third-order valence-corrected chi connectivity index (χ3v) is 2.14. The number of furan rings is 1. The molecule has 0 bridgehead atoms. The lowest BCUT2D eigenvalue weighted by molar-refractivity contribution is -0.136. The molecule has 3 heteroatoms. The molecule has 0 fully saturated rings. The van der Waals surface area contributed by atoms with Crippen molar-refractivity contribution in [2.75, 3.05) is 0 Å². The molecule has 15 heavy (non-hydrogen) atoms. The van der Waals surface area contributed by atoms with Crippen molar-refractivity contribution >= 4 is 5.97 Å². The van der Waals surface area contributed by atoms with Crippen molar-refractivity contribution in [2.45, 2.75) is 6.42 Å². The molecule has 0 aliphatic carbocycles. The van der Waals surface area contributed by atoms with Gasteiger partial charge in [0.05, 0.1) is 18.9 Å². The number of rotatable bonds is 3. The number of carboxylic acid groups (broad SMARTS) is 1. The zero-order valence-electron chi connectivity index (χ0n) is 8.01. The average Bonchev–Trinajstić information content (AvgIpc) is 2.69. The van der Waals surface area contributed by atoms with Crippen LogP contribution in [0, 0.1) is 0 Å². The van der Waals surface area contributed by atoms with E-state index in [1.807, 2.05) is 24.3 Å². The molecule has 0 aliphatic heterocycles. The minimum absolute atomic E-state index is 0.0473. The Labute approximate surface area is 87.0 Å². The summed E-state index contributed by atoms with van der Waals surface area (Å²) in [4.78, 5) is 10.5. The van der Waals surface area contributed by atoms with Crippen LogP contribution in [0.15, 0.2) is 47.3 Å². The van der Waals surface area contributed by atoms with Gasteiger partial charge in [-0.15, -0.1) is 0 Å². The summed E-state index contributed by atoms with van der Waals surface area (Å²) in [6, 6.07) is 9.29.